The Kier molecular flexibility index (Phi) is 4.85. The Bertz CT molecular complexity index is 952. The number of hydrogen-bond acceptors (Lipinski definition) is 5. The zero-order valence-corrected chi connectivity index (χ0v) is 15.2. The first-order valence-corrected chi connectivity index (χ1v) is 8.56. The van der Waals surface area contributed by atoms with Crippen LogP contribution in [0.4, 0.5) is 0 Å². The summed E-state index contributed by atoms with van der Waals surface area (Å²) in [5.41, 5.74) is 1.64. The molecule has 4 nitrogen and oxygen atoms in total. The van der Waals surface area contributed by atoms with E-state index >= 15 is 0 Å². The summed E-state index contributed by atoms with van der Waals surface area (Å²) in [6.07, 6.45) is 1.76. The highest BCUT2D eigenvalue weighted by Crippen LogP contribution is 2.35. The number of rotatable bonds is 3. The highest BCUT2D eigenvalue weighted by molar-refractivity contribution is 7.20. The molecule has 0 amide bonds. The lowest BCUT2D eigenvalue weighted by molar-refractivity contribution is 0.0605. The second-order valence-electron chi connectivity index (χ2n) is 4.97. The Morgan fingerprint density at radius 3 is 2.62 bits per heavy atom. The molecule has 0 N–H and O–H groups in total. The van der Waals surface area contributed by atoms with Gasteiger partial charge in [-0.05, 0) is 24.1 Å². The molecule has 1 aromatic carbocycles. The van der Waals surface area contributed by atoms with E-state index in [2.05, 4.69) is 9.97 Å². The van der Waals surface area contributed by atoms with Crippen molar-refractivity contribution in [3.8, 4) is 0 Å². The first kappa shape index (κ1) is 16.9. The van der Waals surface area contributed by atoms with Crippen molar-refractivity contribution in [1.82, 2.24) is 9.97 Å². The first-order valence-electron chi connectivity index (χ1n) is 6.99. The summed E-state index contributed by atoms with van der Waals surface area (Å²) in [5.74, 6) is -0.102. The number of aromatic nitrogens is 2. The van der Waals surface area contributed by atoms with Crippen LogP contribution < -0.4 is 0 Å². The van der Waals surface area contributed by atoms with Crippen molar-refractivity contribution < 1.29 is 9.53 Å². The summed E-state index contributed by atoms with van der Waals surface area (Å²) in [7, 11) is 1.34. The standard InChI is InChI=1S/C17H12Cl2N2O2S/c1-9-12-14(19)20-15(11(18)8-10-6-4-3-5-7-10)21-16(12)24-13(9)17(22)23-2/h3-8H,1-2H3/b11-8-. The highest BCUT2D eigenvalue weighted by atomic mass is 35.5. The third-order valence-corrected chi connectivity index (χ3v) is 5.14. The molecule has 0 radical (unpaired) electrons. The van der Waals surface area contributed by atoms with Crippen molar-refractivity contribution in [2.45, 2.75) is 6.92 Å². The van der Waals surface area contributed by atoms with Gasteiger partial charge in [0.2, 0.25) is 0 Å². The van der Waals surface area contributed by atoms with Crippen molar-refractivity contribution in [3.05, 3.63) is 57.3 Å². The molecule has 0 saturated carbocycles. The average molecular weight is 379 g/mol. The van der Waals surface area contributed by atoms with Crippen LogP contribution in [0.25, 0.3) is 21.3 Å². The van der Waals surface area contributed by atoms with Gasteiger partial charge in [-0.2, -0.15) is 0 Å². The Morgan fingerprint density at radius 2 is 1.96 bits per heavy atom. The maximum absolute atomic E-state index is 11.8. The summed E-state index contributed by atoms with van der Waals surface area (Å²) >= 11 is 13.8. The number of methoxy groups -OCH3 is 1. The monoisotopic (exact) mass is 378 g/mol. The molecule has 0 aliphatic rings. The number of carbonyl (C=O) groups is 1. The quantitative estimate of drug-likeness (QED) is 0.465. The molecule has 0 saturated heterocycles. The summed E-state index contributed by atoms with van der Waals surface area (Å²) in [5, 5.41) is 1.28. The minimum atomic E-state index is -0.418. The molecule has 0 atom stereocenters. The predicted octanol–water partition coefficient (Wildman–Crippen LogP) is 5.18. The van der Waals surface area contributed by atoms with Gasteiger partial charge in [-0.15, -0.1) is 11.3 Å². The lowest BCUT2D eigenvalue weighted by atomic mass is 10.2. The van der Waals surface area contributed by atoms with Crippen LogP contribution in [-0.2, 0) is 4.74 Å². The molecule has 2 heterocycles. The van der Waals surface area contributed by atoms with Crippen LogP contribution in [-0.4, -0.2) is 23.0 Å². The molecule has 0 aliphatic heterocycles. The van der Waals surface area contributed by atoms with Crippen molar-refractivity contribution >= 4 is 61.8 Å². The van der Waals surface area contributed by atoms with Gasteiger partial charge in [-0.25, -0.2) is 14.8 Å². The topological polar surface area (TPSA) is 52.1 Å². The molecule has 0 unspecified atom stereocenters. The van der Waals surface area contributed by atoms with E-state index in [1.54, 1.807) is 13.0 Å². The van der Waals surface area contributed by atoms with Gasteiger partial charge >= 0.3 is 5.97 Å². The van der Waals surface area contributed by atoms with Crippen LogP contribution in [0.2, 0.25) is 5.15 Å². The van der Waals surface area contributed by atoms with Crippen molar-refractivity contribution in [1.29, 1.82) is 0 Å². The highest BCUT2D eigenvalue weighted by Gasteiger charge is 2.20. The normalized spacial score (nSPS) is 11.8. The largest absolute Gasteiger partial charge is 0.465 e. The Hall–Kier alpha value is -1.95. The van der Waals surface area contributed by atoms with E-state index in [1.165, 1.54) is 18.4 Å². The van der Waals surface area contributed by atoms with Gasteiger partial charge in [-0.1, -0.05) is 53.5 Å². The summed E-state index contributed by atoms with van der Waals surface area (Å²) in [6, 6.07) is 9.60. The van der Waals surface area contributed by atoms with Gasteiger partial charge in [0.15, 0.2) is 5.82 Å². The Morgan fingerprint density at radius 1 is 1.25 bits per heavy atom. The number of aryl methyl sites for hydroxylation is 1. The number of halogens is 2. The molecule has 122 valence electrons. The number of ether oxygens (including phenoxy) is 1. The molecule has 3 aromatic rings. The predicted molar refractivity (Wildman–Crippen MR) is 98.7 cm³/mol. The van der Waals surface area contributed by atoms with E-state index in [9.17, 15) is 4.79 Å². The Labute approximate surface area is 152 Å². The van der Waals surface area contributed by atoms with Crippen LogP contribution >= 0.6 is 34.5 Å². The van der Waals surface area contributed by atoms with Gasteiger partial charge in [0.25, 0.3) is 0 Å². The summed E-state index contributed by atoms with van der Waals surface area (Å²) in [6.45, 7) is 1.79. The lowest BCUT2D eigenvalue weighted by Gasteiger charge is -2.01. The molecular formula is C17H12Cl2N2O2S. The third-order valence-electron chi connectivity index (χ3n) is 3.42. The summed E-state index contributed by atoms with van der Waals surface area (Å²) < 4.78 is 4.79. The molecular weight excluding hydrogens is 367 g/mol. The van der Waals surface area contributed by atoms with Crippen LogP contribution in [0.15, 0.2) is 30.3 Å². The van der Waals surface area contributed by atoms with E-state index in [-0.39, 0.29) is 5.15 Å². The number of benzene rings is 1. The smallest absolute Gasteiger partial charge is 0.348 e. The Balaban J connectivity index is 2.11. The number of thiophene rings is 1. The van der Waals surface area contributed by atoms with Gasteiger partial charge in [0.1, 0.15) is 14.9 Å². The van der Waals surface area contributed by atoms with E-state index in [4.69, 9.17) is 27.9 Å². The average Bonchev–Trinajstić information content (AvgIpc) is 2.92. The van der Waals surface area contributed by atoms with E-state index in [0.29, 0.717) is 31.5 Å². The number of hydrogen-bond donors (Lipinski definition) is 0. The maximum Gasteiger partial charge on any atom is 0.348 e. The lowest BCUT2D eigenvalue weighted by Crippen LogP contribution is -1.99. The van der Waals surface area contributed by atoms with Gasteiger partial charge in [-0.3, -0.25) is 0 Å². The van der Waals surface area contributed by atoms with Crippen LogP contribution in [0.1, 0.15) is 26.6 Å². The van der Waals surface area contributed by atoms with Crippen LogP contribution in [0.5, 0.6) is 0 Å². The fraction of sp³-hybridized carbons (Fsp3) is 0.118. The van der Waals surface area contributed by atoms with Crippen LogP contribution in [0.3, 0.4) is 0 Å². The van der Waals surface area contributed by atoms with Gasteiger partial charge < -0.3 is 4.74 Å². The molecule has 0 spiro atoms. The molecule has 24 heavy (non-hydrogen) atoms. The van der Waals surface area contributed by atoms with E-state index < -0.39 is 5.97 Å². The van der Waals surface area contributed by atoms with Crippen LogP contribution in [0, 0.1) is 6.92 Å². The molecule has 0 aliphatic carbocycles. The number of fused-ring (bicyclic) bond motifs is 1. The summed E-state index contributed by atoms with van der Waals surface area (Å²) in [4.78, 5) is 21.6. The first-order chi connectivity index (χ1) is 11.5. The van der Waals surface area contributed by atoms with Gasteiger partial charge in [0, 0.05) is 0 Å². The van der Waals surface area contributed by atoms with Crippen molar-refractivity contribution in [3.63, 3.8) is 0 Å². The zero-order chi connectivity index (χ0) is 17.3. The molecule has 2 aromatic heterocycles. The minimum Gasteiger partial charge on any atom is -0.465 e. The molecule has 3 rings (SSSR count). The second-order valence-corrected chi connectivity index (χ2v) is 6.73. The van der Waals surface area contributed by atoms with E-state index in [0.717, 1.165) is 5.56 Å². The maximum atomic E-state index is 11.8. The van der Waals surface area contributed by atoms with Crippen molar-refractivity contribution in [2.75, 3.05) is 7.11 Å². The molecule has 0 bridgehead atoms. The minimum absolute atomic E-state index is 0.263. The molecule has 7 heteroatoms. The van der Waals surface area contributed by atoms with E-state index in [1.807, 2.05) is 30.3 Å². The fourth-order valence-corrected chi connectivity index (χ4v) is 3.92. The molecule has 0 fully saturated rings. The second kappa shape index (κ2) is 6.89. The third kappa shape index (κ3) is 3.15. The number of nitrogens with zero attached hydrogens (tertiary/aromatic N) is 2. The number of carbonyl (C=O) groups excluding carboxylic acids is 1. The number of esters is 1. The zero-order valence-electron chi connectivity index (χ0n) is 12.8. The fourth-order valence-electron chi connectivity index (χ4n) is 2.24. The SMILES string of the molecule is COC(=O)c1sc2nc(/C(Cl)=C/c3ccccc3)nc(Cl)c2c1C. The van der Waals surface area contributed by atoms with Gasteiger partial charge in [0.05, 0.1) is 17.5 Å². The van der Waals surface area contributed by atoms with Crippen molar-refractivity contribution in [2.24, 2.45) is 0 Å².